The molecule has 0 unspecified atom stereocenters. The Morgan fingerprint density at radius 1 is 1.08 bits per heavy atom. The highest BCUT2D eigenvalue weighted by molar-refractivity contribution is 8.26. The summed E-state index contributed by atoms with van der Waals surface area (Å²) < 4.78 is 14.5. The van der Waals surface area contributed by atoms with Crippen LogP contribution in [0, 0.1) is 6.92 Å². The summed E-state index contributed by atoms with van der Waals surface area (Å²) in [5.41, 5.74) is 2.28. The molecule has 1 aromatic heterocycles. The summed E-state index contributed by atoms with van der Waals surface area (Å²) >= 11 is 6.72. The summed E-state index contributed by atoms with van der Waals surface area (Å²) in [6, 6.07) is 14.8. The van der Waals surface area contributed by atoms with Crippen LogP contribution in [0.4, 0.5) is 5.69 Å². The molecule has 2 amide bonds. The molecule has 0 atom stereocenters. The Hall–Kier alpha value is -3.83. The minimum Gasteiger partial charge on any atom is -0.454 e. The molecule has 0 radical (unpaired) electrons. The SMILES string of the molecule is Cc1c(NC(=O)CCCCCN2C(=O)C(=Cc3ccc4c(c3)OCO4)SC2=S)c(=O)n(-c2ccccc2)n1C. The molecule has 39 heavy (non-hydrogen) atoms. The van der Waals surface area contributed by atoms with E-state index < -0.39 is 0 Å². The lowest BCUT2D eigenvalue weighted by atomic mass is 10.1. The lowest BCUT2D eigenvalue weighted by Gasteiger charge is -2.14. The number of unbranched alkanes of at least 4 members (excludes halogenated alkanes) is 2. The largest absolute Gasteiger partial charge is 0.454 e. The molecule has 2 aromatic carbocycles. The topological polar surface area (TPSA) is 94.8 Å². The van der Waals surface area contributed by atoms with Crippen molar-refractivity contribution in [2.75, 3.05) is 18.7 Å². The average Bonchev–Trinajstić information content (AvgIpc) is 3.56. The molecule has 1 N–H and O–H groups in total. The van der Waals surface area contributed by atoms with Gasteiger partial charge >= 0.3 is 0 Å². The maximum absolute atomic E-state index is 13.0. The predicted octanol–water partition coefficient (Wildman–Crippen LogP) is 4.61. The highest BCUT2D eigenvalue weighted by Crippen LogP contribution is 2.36. The van der Waals surface area contributed by atoms with Crippen LogP contribution in [0.5, 0.6) is 11.5 Å². The Balaban J connectivity index is 1.10. The number of thiocarbonyl (C=S) groups is 1. The number of nitrogens with zero attached hydrogens (tertiary/aromatic N) is 3. The van der Waals surface area contributed by atoms with Gasteiger partial charge in [0.2, 0.25) is 12.7 Å². The number of benzene rings is 2. The molecule has 3 aromatic rings. The Morgan fingerprint density at radius 2 is 1.85 bits per heavy atom. The Morgan fingerprint density at radius 3 is 2.64 bits per heavy atom. The fraction of sp³-hybridized carbons (Fsp3) is 0.286. The van der Waals surface area contributed by atoms with E-state index in [0.29, 0.717) is 45.8 Å². The number of anilines is 1. The first kappa shape index (κ1) is 26.8. The van der Waals surface area contributed by atoms with Crippen molar-refractivity contribution in [1.82, 2.24) is 14.3 Å². The first-order chi connectivity index (χ1) is 18.8. The molecule has 0 spiro atoms. The maximum Gasteiger partial charge on any atom is 0.295 e. The average molecular weight is 565 g/mol. The van der Waals surface area contributed by atoms with Gasteiger partial charge in [0.05, 0.1) is 16.3 Å². The summed E-state index contributed by atoms with van der Waals surface area (Å²) in [6.45, 7) is 2.49. The fourth-order valence-electron chi connectivity index (χ4n) is 4.49. The van der Waals surface area contributed by atoms with Crippen LogP contribution in [0.1, 0.15) is 36.9 Å². The summed E-state index contributed by atoms with van der Waals surface area (Å²) in [4.78, 5) is 40.7. The lowest BCUT2D eigenvalue weighted by Crippen LogP contribution is -2.29. The number of hydrogen-bond acceptors (Lipinski definition) is 7. The van der Waals surface area contributed by atoms with E-state index in [4.69, 9.17) is 21.7 Å². The number of ether oxygens (including phenoxy) is 2. The highest BCUT2D eigenvalue weighted by atomic mass is 32.2. The van der Waals surface area contributed by atoms with Crippen molar-refractivity contribution in [2.45, 2.75) is 32.6 Å². The Bertz CT molecular complexity index is 1530. The number of carbonyl (C=O) groups excluding carboxylic acids is 2. The second-order valence-corrected chi connectivity index (χ2v) is 10.9. The molecule has 202 valence electrons. The summed E-state index contributed by atoms with van der Waals surface area (Å²) in [7, 11) is 1.79. The van der Waals surface area contributed by atoms with Gasteiger partial charge in [0.1, 0.15) is 10.0 Å². The summed E-state index contributed by atoms with van der Waals surface area (Å²) in [6.07, 6.45) is 4.17. The van der Waals surface area contributed by atoms with Gasteiger partial charge in [-0.1, -0.05) is 54.7 Å². The monoisotopic (exact) mass is 564 g/mol. The fourth-order valence-corrected chi connectivity index (χ4v) is 5.80. The van der Waals surface area contributed by atoms with Crippen LogP contribution < -0.4 is 20.3 Å². The zero-order chi connectivity index (χ0) is 27.5. The van der Waals surface area contributed by atoms with Gasteiger partial charge in [-0.3, -0.25) is 24.0 Å². The number of carbonyl (C=O) groups is 2. The van der Waals surface area contributed by atoms with Crippen LogP contribution in [-0.4, -0.2) is 43.7 Å². The third kappa shape index (κ3) is 5.64. The first-order valence-electron chi connectivity index (χ1n) is 12.6. The molecule has 5 rings (SSSR count). The molecule has 1 saturated heterocycles. The number of thioether (sulfide) groups is 1. The Labute approximate surface area is 235 Å². The van der Waals surface area contributed by atoms with Crippen molar-refractivity contribution in [1.29, 1.82) is 0 Å². The van der Waals surface area contributed by atoms with Crippen LogP contribution >= 0.6 is 24.0 Å². The number of para-hydroxylation sites is 1. The highest BCUT2D eigenvalue weighted by Gasteiger charge is 2.31. The molecule has 0 bridgehead atoms. The summed E-state index contributed by atoms with van der Waals surface area (Å²) in [5.74, 6) is 1.03. The van der Waals surface area contributed by atoms with Crippen molar-refractivity contribution >= 4 is 51.9 Å². The summed E-state index contributed by atoms with van der Waals surface area (Å²) in [5, 5.41) is 2.79. The second-order valence-electron chi connectivity index (χ2n) is 9.24. The van der Waals surface area contributed by atoms with Gasteiger partial charge in [-0.2, -0.15) is 0 Å². The van der Waals surface area contributed by atoms with E-state index in [-0.39, 0.29) is 36.3 Å². The molecular formula is C28H28N4O5S2. The minimum atomic E-state index is -0.266. The van der Waals surface area contributed by atoms with Gasteiger partial charge in [-0.05, 0) is 55.7 Å². The molecule has 1 fully saturated rings. The number of aromatic nitrogens is 2. The van der Waals surface area contributed by atoms with Crippen LogP contribution in [0.3, 0.4) is 0 Å². The van der Waals surface area contributed by atoms with E-state index in [1.807, 2.05) is 54.6 Å². The van der Waals surface area contributed by atoms with Crippen LogP contribution in [0.15, 0.2) is 58.2 Å². The van der Waals surface area contributed by atoms with E-state index in [1.165, 1.54) is 16.4 Å². The van der Waals surface area contributed by atoms with Crippen LogP contribution in [-0.2, 0) is 16.6 Å². The zero-order valence-corrected chi connectivity index (χ0v) is 23.3. The zero-order valence-electron chi connectivity index (χ0n) is 21.6. The van der Waals surface area contributed by atoms with Gasteiger partial charge < -0.3 is 14.8 Å². The number of rotatable bonds is 9. The smallest absolute Gasteiger partial charge is 0.295 e. The lowest BCUT2D eigenvalue weighted by molar-refractivity contribution is -0.122. The van der Waals surface area contributed by atoms with Crippen molar-refractivity contribution in [3.05, 3.63) is 75.0 Å². The number of hydrogen-bond donors (Lipinski definition) is 1. The third-order valence-corrected chi connectivity index (χ3v) is 8.05. The molecule has 3 heterocycles. The van der Waals surface area contributed by atoms with Crippen molar-refractivity contribution < 1.29 is 19.1 Å². The standard InChI is InChI=1S/C28H28N4O5S2/c1-18-25(27(35)32(30(18)2)20-9-5-3-6-10-20)29-24(33)11-7-4-8-14-31-26(34)23(39-28(31)38)16-19-12-13-21-22(15-19)37-17-36-21/h3,5-6,9-10,12-13,15-16H,4,7-8,11,14,17H2,1-2H3,(H,29,33). The molecule has 2 aliphatic heterocycles. The number of amides is 2. The van der Waals surface area contributed by atoms with Crippen LogP contribution in [0.2, 0.25) is 0 Å². The van der Waals surface area contributed by atoms with E-state index in [1.54, 1.807) is 23.6 Å². The molecule has 0 saturated carbocycles. The van der Waals surface area contributed by atoms with E-state index in [2.05, 4.69) is 5.32 Å². The van der Waals surface area contributed by atoms with Crippen molar-refractivity contribution in [3.8, 4) is 17.2 Å². The first-order valence-corrected chi connectivity index (χ1v) is 13.8. The minimum absolute atomic E-state index is 0.116. The van der Waals surface area contributed by atoms with Gasteiger partial charge in [0.15, 0.2) is 11.5 Å². The van der Waals surface area contributed by atoms with Gasteiger partial charge in [0, 0.05) is 20.0 Å². The molecule has 11 heteroatoms. The predicted molar refractivity (Wildman–Crippen MR) is 155 cm³/mol. The molecule has 9 nitrogen and oxygen atoms in total. The molecule has 2 aliphatic rings. The molecular weight excluding hydrogens is 536 g/mol. The quantitative estimate of drug-likeness (QED) is 0.230. The molecule has 0 aliphatic carbocycles. The third-order valence-electron chi connectivity index (χ3n) is 6.67. The van der Waals surface area contributed by atoms with Gasteiger partial charge in [0.25, 0.3) is 11.5 Å². The maximum atomic E-state index is 13.0. The van der Waals surface area contributed by atoms with Crippen molar-refractivity contribution in [3.63, 3.8) is 0 Å². The van der Waals surface area contributed by atoms with Crippen LogP contribution in [0.25, 0.3) is 11.8 Å². The number of nitrogens with one attached hydrogen (secondary N) is 1. The van der Waals surface area contributed by atoms with Gasteiger partial charge in [-0.25, -0.2) is 4.68 Å². The second kappa shape index (κ2) is 11.5. The van der Waals surface area contributed by atoms with E-state index in [9.17, 15) is 14.4 Å². The normalized spacial score (nSPS) is 15.4. The van der Waals surface area contributed by atoms with E-state index >= 15 is 0 Å². The Kier molecular flexibility index (Phi) is 7.89. The number of fused-ring (bicyclic) bond motifs is 1. The van der Waals surface area contributed by atoms with Crippen molar-refractivity contribution in [2.24, 2.45) is 7.05 Å². The van der Waals surface area contributed by atoms with Gasteiger partial charge in [-0.15, -0.1) is 0 Å². The van der Waals surface area contributed by atoms with E-state index in [0.717, 1.165) is 17.7 Å².